The first-order valence-corrected chi connectivity index (χ1v) is 5.61. The number of hydrogen-bond acceptors (Lipinski definition) is 3. The number of nitrogens with zero attached hydrogens (tertiary/aromatic N) is 2. The van der Waals surface area contributed by atoms with Crippen LogP contribution in [0.15, 0.2) is 4.90 Å². The molecule has 74 valence electrons. The number of rotatable bonds is 2. The van der Waals surface area contributed by atoms with Gasteiger partial charge in [0.25, 0.3) is 0 Å². The van der Waals surface area contributed by atoms with Gasteiger partial charge in [-0.2, -0.15) is 5.26 Å². The molecule has 0 aliphatic carbocycles. The summed E-state index contributed by atoms with van der Waals surface area (Å²) in [6.45, 7) is 8.14. The zero-order chi connectivity index (χ0) is 10.7. The van der Waals surface area contributed by atoms with Crippen LogP contribution in [0, 0.1) is 32.1 Å². The molecule has 14 heavy (non-hydrogen) atoms. The molecule has 0 amide bonds. The second kappa shape index (κ2) is 4.47. The third-order valence-corrected chi connectivity index (χ3v) is 3.41. The van der Waals surface area contributed by atoms with Crippen molar-refractivity contribution in [2.75, 3.05) is 5.75 Å². The van der Waals surface area contributed by atoms with Crippen molar-refractivity contribution in [3.63, 3.8) is 0 Å². The number of pyridine rings is 1. The van der Waals surface area contributed by atoms with E-state index in [1.807, 2.05) is 6.92 Å². The van der Waals surface area contributed by atoms with E-state index in [9.17, 15) is 0 Å². The van der Waals surface area contributed by atoms with E-state index in [1.165, 1.54) is 11.1 Å². The molecule has 0 radical (unpaired) electrons. The maximum absolute atomic E-state index is 8.96. The van der Waals surface area contributed by atoms with Crippen molar-refractivity contribution in [3.8, 4) is 6.07 Å². The summed E-state index contributed by atoms with van der Waals surface area (Å²) in [5, 5.41) is 8.96. The number of thioether (sulfide) groups is 1. The van der Waals surface area contributed by atoms with Gasteiger partial charge in [-0.3, -0.25) is 0 Å². The fourth-order valence-corrected chi connectivity index (χ4v) is 2.20. The molecule has 0 spiro atoms. The third kappa shape index (κ3) is 1.91. The Morgan fingerprint density at radius 1 is 1.29 bits per heavy atom. The molecule has 0 saturated carbocycles. The monoisotopic (exact) mass is 206 g/mol. The van der Waals surface area contributed by atoms with Crippen LogP contribution in [0.1, 0.15) is 29.4 Å². The van der Waals surface area contributed by atoms with Gasteiger partial charge in [0.1, 0.15) is 6.07 Å². The van der Waals surface area contributed by atoms with Gasteiger partial charge in [-0.25, -0.2) is 4.98 Å². The average molecular weight is 206 g/mol. The van der Waals surface area contributed by atoms with Gasteiger partial charge in [0, 0.05) is 10.6 Å². The number of hydrogen-bond donors (Lipinski definition) is 0. The molecule has 1 aromatic rings. The van der Waals surface area contributed by atoms with Crippen molar-refractivity contribution in [1.82, 2.24) is 4.98 Å². The van der Waals surface area contributed by atoms with E-state index in [0.29, 0.717) is 5.69 Å². The molecule has 3 heteroatoms. The van der Waals surface area contributed by atoms with E-state index in [4.69, 9.17) is 5.26 Å². The second-order valence-corrected chi connectivity index (χ2v) is 4.44. The Morgan fingerprint density at radius 3 is 2.43 bits per heavy atom. The molecule has 1 heterocycles. The molecule has 1 aromatic heterocycles. The molecule has 0 fully saturated rings. The molecule has 0 unspecified atom stereocenters. The number of nitriles is 1. The number of aromatic nitrogens is 1. The molecule has 0 N–H and O–H groups in total. The predicted octanol–water partition coefficient (Wildman–Crippen LogP) is 2.99. The lowest BCUT2D eigenvalue weighted by molar-refractivity contribution is 1.03. The van der Waals surface area contributed by atoms with Crippen molar-refractivity contribution in [2.24, 2.45) is 0 Å². The summed E-state index contributed by atoms with van der Waals surface area (Å²) in [4.78, 5) is 5.33. The minimum Gasteiger partial charge on any atom is -0.241 e. The first kappa shape index (κ1) is 11.1. The minimum atomic E-state index is 0.567. The largest absolute Gasteiger partial charge is 0.241 e. The number of aryl methyl sites for hydroxylation is 1. The Kier molecular flexibility index (Phi) is 3.54. The lowest BCUT2D eigenvalue weighted by Gasteiger charge is -2.10. The van der Waals surface area contributed by atoms with E-state index >= 15 is 0 Å². The van der Waals surface area contributed by atoms with Crippen LogP contribution >= 0.6 is 11.8 Å². The Hall–Kier alpha value is -1.01. The van der Waals surface area contributed by atoms with Gasteiger partial charge >= 0.3 is 0 Å². The van der Waals surface area contributed by atoms with Crippen molar-refractivity contribution in [1.29, 1.82) is 5.26 Å². The highest BCUT2D eigenvalue weighted by Crippen LogP contribution is 2.28. The fraction of sp³-hybridized carbons (Fsp3) is 0.455. The molecule has 0 bridgehead atoms. The molecule has 0 atom stereocenters. The highest BCUT2D eigenvalue weighted by molar-refractivity contribution is 7.99. The molecule has 0 saturated heterocycles. The summed E-state index contributed by atoms with van der Waals surface area (Å²) < 4.78 is 0. The lowest BCUT2D eigenvalue weighted by atomic mass is 10.1. The van der Waals surface area contributed by atoms with Crippen LogP contribution in [-0.2, 0) is 0 Å². The van der Waals surface area contributed by atoms with Crippen LogP contribution in [0.3, 0.4) is 0 Å². The van der Waals surface area contributed by atoms with Crippen LogP contribution < -0.4 is 0 Å². The van der Waals surface area contributed by atoms with E-state index in [2.05, 4.69) is 31.8 Å². The summed E-state index contributed by atoms with van der Waals surface area (Å²) in [6.07, 6.45) is 0. The van der Waals surface area contributed by atoms with Crippen molar-refractivity contribution in [2.45, 2.75) is 32.6 Å². The Morgan fingerprint density at radius 2 is 1.93 bits per heavy atom. The standard InChI is InChI=1S/C11H14N2S/c1-5-14-11-8(3)7(2)9(4)13-10(11)6-12/h5H2,1-4H3. The molecule has 0 aliphatic rings. The molecule has 0 aliphatic heterocycles. The Bertz CT molecular complexity index is 391. The SMILES string of the molecule is CCSc1c(C#N)nc(C)c(C)c1C. The van der Waals surface area contributed by atoms with E-state index in [1.54, 1.807) is 11.8 Å². The Balaban J connectivity index is 3.39. The highest BCUT2D eigenvalue weighted by atomic mass is 32.2. The topological polar surface area (TPSA) is 36.7 Å². The average Bonchev–Trinajstić information content (AvgIpc) is 2.19. The van der Waals surface area contributed by atoms with Gasteiger partial charge in [-0.05, 0) is 37.7 Å². The summed E-state index contributed by atoms with van der Waals surface area (Å²) in [6, 6.07) is 2.16. The van der Waals surface area contributed by atoms with Gasteiger partial charge in [-0.15, -0.1) is 11.8 Å². The summed E-state index contributed by atoms with van der Waals surface area (Å²) in [5.41, 5.74) is 3.91. The lowest BCUT2D eigenvalue weighted by Crippen LogP contribution is -1.99. The van der Waals surface area contributed by atoms with Crippen LogP contribution in [0.25, 0.3) is 0 Å². The molecular weight excluding hydrogens is 192 g/mol. The quantitative estimate of drug-likeness (QED) is 0.698. The van der Waals surface area contributed by atoms with Crippen molar-refractivity contribution >= 4 is 11.8 Å². The van der Waals surface area contributed by atoms with E-state index in [0.717, 1.165) is 16.3 Å². The summed E-state index contributed by atoms with van der Waals surface area (Å²) >= 11 is 1.69. The molecule has 0 aromatic carbocycles. The zero-order valence-electron chi connectivity index (χ0n) is 9.01. The first-order chi connectivity index (χ1) is 6.61. The molecular formula is C11H14N2S. The van der Waals surface area contributed by atoms with Crippen molar-refractivity contribution < 1.29 is 0 Å². The molecule has 1 rings (SSSR count). The zero-order valence-corrected chi connectivity index (χ0v) is 9.83. The second-order valence-electron chi connectivity index (χ2n) is 3.17. The van der Waals surface area contributed by atoms with Crippen LogP contribution in [0.2, 0.25) is 0 Å². The third-order valence-electron chi connectivity index (χ3n) is 2.33. The Labute approximate surface area is 89.4 Å². The normalized spacial score (nSPS) is 9.93. The smallest absolute Gasteiger partial charge is 0.154 e. The maximum Gasteiger partial charge on any atom is 0.154 e. The van der Waals surface area contributed by atoms with Gasteiger partial charge in [0.2, 0.25) is 0 Å². The van der Waals surface area contributed by atoms with E-state index in [-0.39, 0.29) is 0 Å². The maximum atomic E-state index is 8.96. The summed E-state index contributed by atoms with van der Waals surface area (Å²) in [5.74, 6) is 0.972. The fourth-order valence-electron chi connectivity index (χ4n) is 1.32. The van der Waals surface area contributed by atoms with Gasteiger partial charge in [0.15, 0.2) is 5.69 Å². The van der Waals surface area contributed by atoms with Gasteiger partial charge in [-0.1, -0.05) is 6.92 Å². The first-order valence-electron chi connectivity index (χ1n) is 4.62. The predicted molar refractivity (Wildman–Crippen MR) is 59.6 cm³/mol. The van der Waals surface area contributed by atoms with Crippen LogP contribution in [-0.4, -0.2) is 10.7 Å². The van der Waals surface area contributed by atoms with Gasteiger partial charge in [0.05, 0.1) is 0 Å². The van der Waals surface area contributed by atoms with Crippen LogP contribution in [0.5, 0.6) is 0 Å². The van der Waals surface area contributed by atoms with Crippen LogP contribution in [0.4, 0.5) is 0 Å². The highest BCUT2D eigenvalue weighted by Gasteiger charge is 2.11. The van der Waals surface area contributed by atoms with E-state index < -0.39 is 0 Å². The van der Waals surface area contributed by atoms with Gasteiger partial charge < -0.3 is 0 Å². The van der Waals surface area contributed by atoms with Crippen molar-refractivity contribution in [3.05, 3.63) is 22.5 Å². The molecule has 2 nitrogen and oxygen atoms in total. The summed E-state index contributed by atoms with van der Waals surface area (Å²) in [7, 11) is 0. The minimum absolute atomic E-state index is 0.567.